The first-order chi connectivity index (χ1) is 23.3. The minimum absolute atomic E-state index is 0.795. The average Bonchev–Trinajstić information content (AvgIpc) is 3.09. The maximum Gasteiger partial charge on any atom is 0.604 e. The molecule has 1 aliphatic heterocycles. The molecule has 1 saturated heterocycles. The SMILES string of the molecule is CCCC[Si](CCCC)(CCCC)OB1OB(O[Si](CCCC)(CCCC)CCCC)OB(O[Si](CCCC)(CCCC)CCCC)O1. The molecule has 0 aromatic rings. The molecule has 12 heteroatoms. The van der Waals surface area contributed by atoms with Gasteiger partial charge in [0.25, 0.3) is 0 Å². The Labute approximate surface area is 304 Å². The molecule has 0 bridgehead atoms. The van der Waals surface area contributed by atoms with Crippen LogP contribution in [0.5, 0.6) is 0 Å². The van der Waals surface area contributed by atoms with Crippen molar-refractivity contribution in [2.75, 3.05) is 0 Å². The van der Waals surface area contributed by atoms with Gasteiger partial charge in [0.15, 0.2) is 25.0 Å². The van der Waals surface area contributed by atoms with E-state index in [4.69, 9.17) is 26.7 Å². The Morgan fingerprint density at radius 2 is 0.438 bits per heavy atom. The van der Waals surface area contributed by atoms with Crippen LogP contribution in [0.25, 0.3) is 0 Å². The van der Waals surface area contributed by atoms with E-state index in [-0.39, 0.29) is 0 Å². The van der Waals surface area contributed by atoms with E-state index in [0.717, 1.165) is 54.4 Å². The highest BCUT2D eigenvalue weighted by molar-refractivity contribution is 6.85. The molecule has 0 spiro atoms. The molecule has 0 unspecified atom stereocenters. The van der Waals surface area contributed by atoms with Gasteiger partial charge in [-0.2, -0.15) is 0 Å². The summed E-state index contributed by atoms with van der Waals surface area (Å²) in [6, 6.07) is 10.5. The van der Waals surface area contributed by atoms with Gasteiger partial charge in [0.05, 0.1) is 0 Å². The van der Waals surface area contributed by atoms with E-state index in [1.54, 1.807) is 0 Å². The first-order valence-corrected chi connectivity index (χ1v) is 28.9. The predicted octanol–water partition coefficient (Wildman–Crippen LogP) is 13.1. The minimum Gasteiger partial charge on any atom is -0.429 e. The molecule has 0 saturated carbocycles. The van der Waals surface area contributed by atoms with Gasteiger partial charge in [-0.3, -0.25) is 0 Å². The van der Waals surface area contributed by atoms with Crippen LogP contribution in [-0.2, 0) is 26.7 Å². The van der Waals surface area contributed by atoms with Crippen LogP contribution < -0.4 is 0 Å². The Hall–Kier alpha value is 0.605. The van der Waals surface area contributed by atoms with Gasteiger partial charge in [0, 0.05) is 0 Å². The lowest BCUT2D eigenvalue weighted by molar-refractivity contribution is 0.138. The molecular weight excluding hydrogens is 645 g/mol. The number of rotatable bonds is 33. The molecule has 0 N–H and O–H groups in total. The molecule has 1 aliphatic rings. The standard InChI is InChI=1S/C36H81B3O6Si3/c1-10-19-28-46(29-20-11-2,30-21-12-3)43-37-40-38(44-47(31-22-13-4,32-23-14-5)33-24-15-6)42-39(41-37)45-48(34-25-16-7,35-26-17-8)36-27-18-9/h10-36H2,1-9H3. The number of hydrogen-bond acceptors (Lipinski definition) is 6. The van der Waals surface area contributed by atoms with Gasteiger partial charge in [-0.25, -0.2) is 0 Å². The van der Waals surface area contributed by atoms with Crippen LogP contribution in [0, 0.1) is 0 Å². The van der Waals surface area contributed by atoms with Gasteiger partial charge < -0.3 is 26.7 Å². The normalized spacial score (nSPS) is 14.8. The highest BCUT2D eigenvalue weighted by atomic mass is 28.4. The van der Waals surface area contributed by atoms with Crippen LogP contribution in [0.2, 0.25) is 54.4 Å². The fourth-order valence-corrected chi connectivity index (χ4v) is 21.1. The van der Waals surface area contributed by atoms with Crippen molar-refractivity contribution < 1.29 is 26.7 Å². The quantitative estimate of drug-likeness (QED) is 0.0628. The second kappa shape index (κ2) is 28.2. The van der Waals surface area contributed by atoms with Crippen molar-refractivity contribution in [3.8, 4) is 0 Å². The second-order valence-corrected chi connectivity index (χ2v) is 27.4. The van der Waals surface area contributed by atoms with E-state index in [0.29, 0.717) is 0 Å². The van der Waals surface area contributed by atoms with Crippen LogP contribution in [0.15, 0.2) is 0 Å². The first-order valence-electron chi connectivity index (χ1n) is 21.3. The van der Waals surface area contributed by atoms with Crippen molar-refractivity contribution in [3.05, 3.63) is 0 Å². The van der Waals surface area contributed by atoms with Crippen LogP contribution >= 0.6 is 0 Å². The molecule has 0 radical (unpaired) electrons. The summed E-state index contributed by atoms with van der Waals surface area (Å²) < 4.78 is 41.8. The summed E-state index contributed by atoms with van der Waals surface area (Å²) in [7, 11) is -8.81. The van der Waals surface area contributed by atoms with E-state index in [9.17, 15) is 0 Å². The fraction of sp³-hybridized carbons (Fsp3) is 1.00. The summed E-state index contributed by atoms with van der Waals surface area (Å²) in [5.41, 5.74) is 0. The van der Waals surface area contributed by atoms with Gasteiger partial charge in [-0.05, 0) is 54.4 Å². The first kappa shape index (κ1) is 46.6. The lowest BCUT2D eigenvalue weighted by Gasteiger charge is -2.42. The summed E-state index contributed by atoms with van der Waals surface area (Å²) >= 11 is 0. The maximum absolute atomic E-state index is 7.25. The number of hydrogen-bond donors (Lipinski definition) is 0. The Morgan fingerprint density at radius 1 is 0.292 bits per heavy atom. The Bertz CT molecular complexity index is 593. The molecular formula is C36H81B3O6Si3. The Balaban J connectivity index is 3.59. The predicted molar refractivity (Wildman–Crippen MR) is 218 cm³/mol. The smallest absolute Gasteiger partial charge is 0.429 e. The molecule has 1 fully saturated rings. The zero-order chi connectivity index (χ0) is 35.6. The topological polar surface area (TPSA) is 55.4 Å². The molecule has 0 aliphatic carbocycles. The van der Waals surface area contributed by atoms with Crippen molar-refractivity contribution in [1.29, 1.82) is 0 Å². The van der Waals surface area contributed by atoms with Gasteiger partial charge in [-0.1, -0.05) is 178 Å². The molecule has 1 rings (SSSR count). The van der Waals surface area contributed by atoms with Crippen LogP contribution in [0.4, 0.5) is 0 Å². The van der Waals surface area contributed by atoms with Crippen molar-refractivity contribution in [2.24, 2.45) is 0 Å². The molecule has 0 aromatic heterocycles. The molecule has 48 heavy (non-hydrogen) atoms. The van der Waals surface area contributed by atoms with E-state index >= 15 is 0 Å². The third-order valence-electron chi connectivity index (χ3n) is 10.6. The van der Waals surface area contributed by atoms with Gasteiger partial charge in [0.2, 0.25) is 0 Å². The lowest BCUT2D eigenvalue weighted by atomic mass is 9.98. The number of unbranched alkanes of at least 4 members (excludes halogenated alkanes) is 9. The van der Waals surface area contributed by atoms with Crippen LogP contribution in [0.3, 0.4) is 0 Å². The van der Waals surface area contributed by atoms with Gasteiger partial charge >= 0.3 is 22.0 Å². The third-order valence-corrected chi connectivity index (χ3v) is 24.0. The summed E-state index contributed by atoms with van der Waals surface area (Å²) in [5, 5.41) is 0. The molecule has 0 aromatic carbocycles. The monoisotopic (exact) mass is 727 g/mol. The van der Waals surface area contributed by atoms with E-state index < -0.39 is 46.9 Å². The van der Waals surface area contributed by atoms with Gasteiger partial charge in [-0.15, -0.1) is 0 Å². The van der Waals surface area contributed by atoms with E-state index in [2.05, 4.69) is 62.3 Å². The minimum atomic E-state index is -2.14. The second-order valence-electron chi connectivity index (χ2n) is 15.1. The summed E-state index contributed by atoms with van der Waals surface area (Å²) in [6.07, 6.45) is 21.5. The maximum atomic E-state index is 7.25. The average molecular weight is 727 g/mol. The molecule has 1 heterocycles. The molecule has 6 nitrogen and oxygen atoms in total. The lowest BCUT2D eigenvalue weighted by Crippen LogP contribution is -2.61. The van der Waals surface area contributed by atoms with Gasteiger partial charge in [0.1, 0.15) is 0 Å². The molecule has 0 atom stereocenters. The molecule has 0 amide bonds. The Morgan fingerprint density at radius 3 is 0.562 bits per heavy atom. The van der Waals surface area contributed by atoms with E-state index in [1.165, 1.54) is 116 Å². The largest absolute Gasteiger partial charge is 0.604 e. The third kappa shape index (κ3) is 18.4. The van der Waals surface area contributed by atoms with E-state index in [1.807, 2.05) is 0 Å². The van der Waals surface area contributed by atoms with Crippen molar-refractivity contribution in [1.82, 2.24) is 0 Å². The summed E-state index contributed by atoms with van der Waals surface area (Å²) in [5.74, 6) is 0. The fourth-order valence-electron chi connectivity index (χ4n) is 7.29. The van der Waals surface area contributed by atoms with Crippen LogP contribution in [0.1, 0.15) is 178 Å². The van der Waals surface area contributed by atoms with Crippen molar-refractivity contribution >= 4 is 46.9 Å². The summed E-state index contributed by atoms with van der Waals surface area (Å²) in [6.45, 7) is 20.7. The van der Waals surface area contributed by atoms with Crippen molar-refractivity contribution in [3.63, 3.8) is 0 Å². The highest BCUT2D eigenvalue weighted by Gasteiger charge is 2.54. The zero-order valence-electron chi connectivity index (χ0n) is 33.8. The van der Waals surface area contributed by atoms with Crippen molar-refractivity contribution in [2.45, 2.75) is 232 Å². The highest BCUT2D eigenvalue weighted by Crippen LogP contribution is 2.36. The Kier molecular flexibility index (Phi) is 27.3. The van der Waals surface area contributed by atoms with Crippen LogP contribution in [-0.4, -0.2) is 46.9 Å². The molecule has 282 valence electrons. The zero-order valence-corrected chi connectivity index (χ0v) is 36.8. The summed E-state index contributed by atoms with van der Waals surface area (Å²) in [4.78, 5) is 0.